The van der Waals surface area contributed by atoms with E-state index in [9.17, 15) is 4.79 Å². The van der Waals surface area contributed by atoms with Crippen LogP contribution in [0.3, 0.4) is 0 Å². The zero-order chi connectivity index (χ0) is 11.3. The van der Waals surface area contributed by atoms with E-state index in [0.717, 1.165) is 0 Å². The largest absolute Gasteiger partial charge is 0.462 e. The van der Waals surface area contributed by atoms with Crippen molar-refractivity contribution in [2.45, 2.75) is 6.92 Å². The van der Waals surface area contributed by atoms with Gasteiger partial charge in [-0.2, -0.15) is 0 Å². The third kappa shape index (κ3) is 2.99. The molecular weight excluding hydrogens is 214 g/mol. The fraction of sp³-hybridized carbons (Fsp3) is 0.182. The number of hydrogen-bond donors (Lipinski definition) is 1. The summed E-state index contributed by atoms with van der Waals surface area (Å²) in [5, 5.41) is 0.610. The molecule has 4 heteroatoms. The van der Waals surface area contributed by atoms with Crippen molar-refractivity contribution in [2.75, 3.05) is 6.61 Å². The molecular formula is C11H12ClNO2. The molecule has 0 radical (unpaired) electrons. The smallest absolute Gasteiger partial charge is 0.340 e. The van der Waals surface area contributed by atoms with Crippen molar-refractivity contribution in [3.8, 4) is 0 Å². The lowest BCUT2D eigenvalue weighted by atomic mass is 10.1. The highest BCUT2D eigenvalue weighted by Gasteiger charge is 2.11. The molecule has 0 spiro atoms. The summed E-state index contributed by atoms with van der Waals surface area (Å²) < 4.78 is 4.86. The van der Waals surface area contributed by atoms with Gasteiger partial charge < -0.3 is 10.5 Å². The van der Waals surface area contributed by atoms with E-state index in [2.05, 4.69) is 0 Å². The van der Waals surface area contributed by atoms with Crippen molar-refractivity contribution in [1.29, 1.82) is 0 Å². The van der Waals surface area contributed by atoms with Gasteiger partial charge in [0.1, 0.15) is 0 Å². The van der Waals surface area contributed by atoms with E-state index in [1.807, 2.05) is 0 Å². The zero-order valence-corrected chi connectivity index (χ0v) is 9.12. The monoisotopic (exact) mass is 225 g/mol. The number of nitrogens with two attached hydrogens (primary N) is 1. The van der Waals surface area contributed by atoms with Gasteiger partial charge in [-0.15, -0.1) is 0 Å². The normalized spacial score (nSPS) is 11.2. The van der Waals surface area contributed by atoms with E-state index < -0.39 is 5.97 Å². The second-order valence-electron chi connectivity index (χ2n) is 2.81. The van der Waals surface area contributed by atoms with E-state index in [1.54, 1.807) is 31.2 Å². The molecule has 1 aromatic carbocycles. The summed E-state index contributed by atoms with van der Waals surface area (Å²) in [6.45, 7) is 2.07. The third-order valence-electron chi connectivity index (χ3n) is 1.82. The second kappa shape index (κ2) is 5.41. The summed E-state index contributed by atoms with van der Waals surface area (Å²) in [5.74, 6) is -0.428. The second-order valence-corrected chi connectivity index (χ2v) is 3.24. The average Bonchev–Trinajstić information content (AvgIpc) is 2.22. The number of benzene rings is 1. The number of esters is 1. The van der Waals surface area contributed by atoms with Crippen molar-refractivity contribution in [3.05, 3.63) is 41.1 Å². The van der Waals surface area contributed by atoms with Crippen LogP contribution in [0.25, 0.3) is 5.57 Å². The Morgan fingerprint density at radius 3 is 2.53 bits per heavy atom. The van der Waals surface area contributed by atoms with Crippen LogP contribution in [-0.2, 0) is 9.53 Å². The van der Waals surface area contributed by atoms with Crippen LogP contribution in [0.5, 0.6) is 0 Å². The molecule has 3 nitrogen and oxygen atoms in total. The summed E-state index contributed by atoms with van der Waals surface area (Å²) in [5.41, 5.74) is 6.41. The number of rotatable bonds is 3. The summed E-state index contributed by atoms with van der Waals surface area (Å²) >= 11 is 5.73. The number of halogens is 1. The number of carbonyl (C=O) groups is 1. The molecule has 0 aromatic heterocycles. The van der Waals surface area contributed by atoms with E-state index in [-0.39, 0.29) is 0 Å². The quantitative estimate of drug-likeness (QED) is 0.634. The summed E-state index contributed by atoms with van der Waals surface area (Å²) in [4.78, 5) is 11.5. The fourth-order valence-corrected chi connectivity index (χ4v) is 1.25. The molecule has 1 rings (SSSR count). The predicted octanol–water partition coefficient (Wildman–Crippen LogP) is 2.20. The molecule has 2 N–H and O–H groups in total. The van der Waals surface area contributed by atoms with Crippen molar-refractivity contribution < 1.29 is 9.53 Å². The molecule has 1 aromatic rings. The molecule has 0 saturated heterocycles. The molecule has 0 aliphatic heterocycles. The highest BCUT2D eigenvalue weighted by atomic mass is 35.5. The number of carbonyl (C=O) groups excluding carboxylic acids is 1. The van der Waals surface area contributed by atoms with Gasteiger partial charge in [-0.05, 0) is 24.6 Å². The third-order valence-corrected chi connectivity index (χ3v) is 2.07. The van der Waals surface area contributed by atoms with Gasteiger partial charge in [-0.3, -0.25) is 0 Å². The lowest BCUT2D eigenvalue weighted by Crippen LogP contribution is -2.08. The lowest BCUT2D eigenvalue weighted by molar-refractivity contribution is -0.136. The van der Waals surface area contributed by atoms with Gasteiger partial charge in [0.15, 0.2) is 0 Å². The Bertz CT molecular complexity index is 371. The van der Waals surface area contributed by atoms with E-state index in [0.29, 0.717) is 22.8 Å². The Labute approximate surface area is 93.5 Å². The molecule has 0 fully saturated rings. The van der Waals surface area contributed by atoms with Gasteiger partial charge in [-0.25, -0.2) is 4.79 Å². The fourth-order valence-electron chi connectivity index (χ4n) is 1.12. The van der Waals surface area contributed by atoms with Gasteiger partial charge in [0.25, 0.3) is 0 Å². The number of ether oxygens (including phenoxy) is 1. The Hall–Kier alpha value is -1.48. The Kier molecular flexibility index (Phi) is 4.18. The number of hydrogen-bond acceptors (Lipinski definition) is 3. The summed E-state index contributed by atoms with van der Waals surface area (Å²) in [6.07, 6.45) is 1.24. The van der Waals surface area contributed by atoms with Gasteiger partial charge in [0, 0.05) is 11.2 Å². The summed E-state index contributed by atoms with van der Waals surface area (Å²) in [7, 11) is 0. The maximum atomic E-state index is 11.5. The molecule has 0 aliphatic rings. The van der Waals surface area contributed by atoms with E-state index >= 15 is 0 Å². The van der Waals surface area contributed by atoms with E-state index in [4.69, 9.17) is 22.1 Å². The Morgan fingerprint density at radius 2 is 2.07 bits per heavy atom. The van der Waals surface area contributed by atoms with Crippen LogP contribution < -0.4 is 5.73 Å². The lowest BCUT2D eigenvalue weighted by Gasteiger charge is -2.06. The van der Waals surface area contributed by atoms with Gasteiger partial charge in [0.05, 0.1) is 12.2 Å². The molecule has 80 valence electrons. The first-order valence-corrected chi connectivity index (χ1v) is 4.91. The van der Waals surface area contributed by atoms with E-state index in [1.165, 1.54) is 6.20 Å². The minimum absolute atomic E-state index is 0.323. The highest BCUT2D eigenvalue weighted by molar-refractivity contribution is 6.30. The van der Waals surface area contributed by atoms with Crippen molar-refractivity contribution in [3.63, 3.8) is 0 Å². The van der Waals surface area contributed by atoms with Crippen LogP contribution >= 0.6 is 11.6 Å². The van der Waals surface area contributed by atoms with Crippen LogP contribution in [0.4, 0.5) is 0 Å². The van der Waals surface area contributed by atoms with Crippen molar-refractivity contribution >= 4 is 23.1 Å². The molecule has 15 heavy (non-hydrogen) atoms. The Morgan fingerprint density at radius 1 is 1.47 bits per heavy atom. The van der Waals surface area contributed by atoms with Crippen LogP contribution in [-0.4, -0.2) is 12.6 Å². The molecule has 0 saturated carbocycles. The van der Waals surface area contributed by atoms with Crippen LogP contribution in [0.2, 0.25) is 5.02 Å². The maximum absolute atomic E-state index is 11.5. The van der Waals surface area contributed by atoms with Gasteiger partial charge in [0.2, 0.25) is 0 Å². The summed E-state index contributed by atoms with van der Waals surface area (Å²) in [6, 6.07) is 6.83. The molecule has 0 bridgehead atoms. The first kappa shape index (κ1) is 11.6. The minimum atomic E-state index is -0.428. The van der Waals surface area contributed by atoms with Crippen LogP contribution in [0.1, 0.15) is 12.5 Å². The van der Waals surface area contributed by atoms with Gasteiger partial charge >= 0.3 is 5.97 Å². The maximum Gasteiger partial charge on any atom is 0.340 e. The van der Waals surface area contributed by atoms with Crippen LogP contribution in [0, 0.1) is 0 Å². The molecule has 0 unspecified atom stereocenters. The molecule has 0 amide bonds. The first-order valence-electron chi connectivity index (χ1n) is 4.54. The minimum Gasteiger partial charge on any atom is -0.462 e. The van der Waals surface area contributed by atoms with Crippen LogP contribution in [0.15, 0.2) is 30.5 Å². The van der Waals surface area contributed by atoms with Gasteiger partial charge in [-0.1, -0.05) is 23.7 Å². The standard InChI is InChI=1S/C11H12ClNO2/c1-2-15-11(14)10(7-13)8-3-5-9(12)6-4-8/h3-7H,2,13H2,1H3/b10-7+. The van der Waals surface area contributed by atoms with Crippen molar-refractivity contribution in [1.82, 2.24) is 0 Å². The SMILES string of the molecule is CCOC(=O)/C(=C/N)c1ccc(Cl)cc1. The molecule has 0 aliphatic carbocycles. The van der Waals surface area contributed by atoms with Crippen molar-refractivity contribution in [2.24, 2.45) is 5.73 Å². The molecule has 0 atom stereocenters. The zero-order valence-electron chi connectivity index (χ0n) is 8.37. The first-order chi connectivity index (χ1) is 7.19. The Balaban J connectivity index is 2.94. The average molecular weight is 226 g/mol. The molecule has 0 heterocycles. The predicted molar refractivity (Wildman–Crippen MR) is 60.2 cm³/mol. The highest BCUT2D eigenvalue weighted by Crippen LogP contribution is 2.17. The topological polar surface area (TPSA) is 52.3 Å².